The molecule has 0 aliphatic carbocycles. The second-order valence-electron chi connectivity index (χ2n) is 3.46. The molecule has 4 heteroatoms. The van der Waals surface area contributed by atoms with E-state index in [1.54, 1.807) is 28.8 Å². The van der Waals surface area contributed by atoms with Gasteiger partial charge >= 0.3 is 0 Å². The lowest BCUT2D eigenvalue weighted by molar-refractivity contribution is 0.595. The summed E-state index contributed by atoms with van der Waals surface area (Å²) in [6.07, 6.45) is 7.18. The van der Waals surface area contributed by atoms with Gasteiger partial charge in [-0.15, -0.1) is 6.58 Å². The molecule has 0 aromatic rings. The normalized spacial score (nSPS) is 11.6. The minimum Gasteiger partial charge on any atom is -0.300 e. The van der Waals surface area contributed by atoms with Crippen molar-refractivity contribution in [3.05, 3.63) is 12.7 Å². The summed E-state index contributed by atoms with van der Waals surface area (Å²) in [5.41, 5.74) is -2.06. The largest absolute Gasteiger partial charge is 0.300 e. The molecule has 0 spiro atoms. The molecule has 0 amide bonds. The Bertz CT molecular complexity index is 193. The van der Waals surface area contributed by atoms with Gasteiger partial charge in [0.05, 0.1) is 0 Å². The molecular formula is C11H23OPS2. The Labute approximate surface area is 103 Å². The number of unbranched alkanes of at least 4 members (excludes halogenated alkanes) is 2. The van der Waals surface area contributed by atoms with Gasteiger partial charge in [-0.25, -0.2) is 0 Å². The molecular weight excluding hydrogens is 243 g/mol. The maximum absolute atomic E-state index is 12.4. The molecule has 0 heterocycles. The number of hydrogen-bond acceptors (Lipinski definition) is 3. The van der Waals surface area contributed by atoms with Crippen molar-refractivity contribution in [3.8, 4) is 0 Å². The maximum Gasteiger partial charge on any atom is 0.194 e. The van der Waals surface area contributed by atoms with Gasteiger partial charge < -0.3 is 4.57 Å². The predicted molar refractivity (Wildman–Crippen MR) is 77.4 cm³/mol. The zero-order valence-electron chi connectivity index (χ0n) is 9.91. The molecule has 15 heavy (non-hydrogen) atoms. The van der Waals surface area contributed by atoms with Crippen LogP contribution in [-0.4, -0.2) is 17.7 Å². The predicted octanol–water partition coefficient (Wildman–Crippen LogP) is 5.43. The molecule has 0 aromatic heterocycles. The number of hydrogen-bond donors (Lipinski definition) is 0. The van der Waals surface area contributed by atoms with Gasteiger partial charge in [-0.1, -0.05) is 55.5 Å². The van der Waals surface area contributed by atoms with Crippen molar-refractivity contribution >= 4 is 28.3 Å². The molecule has 90 valence electrons. The van der Waals surface area contributed by atoms with Gasteiger partial charge in [0.15, 0.2) is 5.55 Å². The summed E-state index contributed by atoms with van der Waals surface area (Å²) in [6.45, 7) is 8.04. The van der Waals surface area contributed by atoms with Crippen molar-refractivity contribution in [3.63, 3.8) is 0 Å². The first kappa shape index (κ1) is 15.7. The van der Waals surface area contributed by atoms with Crippen molar-refractivity contribution in [2.45, 2.75) is 39.5 Å². The lowest BCUT2D eigenvalue weighted by Crippen LogP contribution is -1.84. The van der Waals surface area contributed by atoms with Crippen LogP contribution in [0.2, 0.25) is 0 Å². The molecule has 0 atom stereocenters. The van der Waals surface area contributed by atoms with E-state index in [1.165, 1.54) is 25.7 Å². The fourth-order valence-electron chi connectivity index (χ4n) is 0.997. The van der Waals surface area contributed by atoms with E-state index in [4.69, 9.17) is 0 Å². The van der Waals surface area contributed by atoms with Gasteiger partial charge in [0.1, 0.15) is 0 Å². The van der Waals surface area contributed by atoms with Gasteiger partial charge in [-0.05, 0) is 12.8 Å². The standard InChI is InChI=1S/C11H23OPS2/c1-4-7-10-14-13(12,9-6-3)15-11-8-5-2/h6H,3-5,7-11H2,1-2H3. The number of rotatable bonds is 10. The Kier molecular flexibility index (Phi) is 10.3. The molecule has 0 rings (SSSR count). The summed E-state index contributed by atoms with van der Waals surface area (Å²) >= 11 is 3.34. The monoisotopic (exact) mass is 266 g/mol. The van der Waals surface area contributed by atoms with E-state index < -0.39 is 5.55 Å². The Balaban J connectivity index is 3.94. The van der Waals surface area contributed by atoms with Gasteiger partial charge in [0.25, 0.3) is 0 Å². The van der Waals surface area contributed by atoms with E-state index in [9.17, 15) is 4.57 Å². The average Bonchev–Trinajstić information content (AvgIpc) is 2.19. The topological polar surface area (TPSA) is 17.1 Å². The lowest BCUT2D eigenvalue weighted by Gasteiger charge is -2.14. The fraction of sp³-hybridized carbons (Fsp3) is 0.818. The molecule has 0 saturated carbocycles. The van der Waals surface area contributed by atoms with Crippen molar-refractivity contribution in [1.29, 1.82) is 0 Å². The highest BCUT2D eigenvalue weighted by atomic mass is 33.1. The van der Waals surface area contributed by atoms with E-state index in [2.05, 4.69) is 20.4 Å². The van der Waals surface area contributed by atoms with Crippen LogP contribution in [0.25, 0.3) is 0 Å². The molecule has 0 aliphatic rings. The first-order valence-corrected chi connectivity index (χ1v) is 10.7. The summed E-state index contributed by atoms with van der Waals surface area (Å²) in [4.78, 5) is 0. The highest BCUT2D eigenvalue weighted by Crippen LogP contribution is 2.69. The molecule has 0 unspecified atom stereocenters. The van der Waals surface area contributed by atoms with E-state index in [0.29, 0.717) is 6.16 Å². The van der Waals surface area contributed by atoms with E-state index in [-0.39, 0.29) is 0 Å². The third-order valence-corrected chi connectivity index (χ3v) is 10.6. The highest BCUT2D eigenvalue weighted by Gasteiger charge is 2.20. The van der Waals surface area contributed by atoms with Crippen LogP contribution in [0, 0.1) is 0 Å². The van der Waals surface area contributed by atoms with Crippen LogP contribution in [0.1, 0.15) is 39.5 Å². The second-order valence-corrected chi connectivity index (χ2v) is 12.2. The first-order chi connectivity index (χ1) is 7.18. The average molecular weight is 266 g/mol. The van der Waals surface area contributed by atoms with Crippen LogP contribution in [0.15, 0.2) is 12.7 Å². The van der Waals surface area contributed by atoms with Gasteiger partial charge in [-0.3, -0.25) is 0 Å². The third-order valence-electron chi connectivity index (χ3n) is 1.92. The first-order valence-electron chi connectivity index (χ1n) is 5.67. The van der Waals surface area contributed by atoms with E-state index in [0.717, 1.165) is 11.5 Å². The molecule has 0 N–H and O–H groups in total. The summed E-state index contributed by atoms with van der Waals surface area (Å²) in [5.74, 6) is 2.06. The van der Waals surface area contributed by atoms with Crippen LogP contribution < -0.4 is 0 Å². The Hall–Kier alpha value is 0.670. The summed E-state index contributed by atoms with van der Waals surface area (Å²) < 4.78 is 12.4. The molecule has 1 nitrogen and oxygen atoms in total. The number of allylic oxidation sites excluding steroid dienone is 1. The maximum atomic E-state index is 12.4. The summed E-state index contributed by atoms with van der Waals surface area (Å²) in [6, 6.07) is 0. The summed E-state index contributed by atoms with van der Waals surface area (Å²) in [7, 11) is 0. The Morgan fingerprint density at radius 2 is 1.60 bits per heavy atom. The van der Waals surface area contributed by atoms with Crippen LogP contribution >= 0.6 is 28.3 Å². The zero-order valence-corrected chi connectivity index (χ0v) is 12.4. The quantitative estimate of drug-likeness (QED) is 0.298. The summed E-state index contributed by atoms with van der Waals surface area (Å²) in [5, 5.41) is 0. The second kappa shape index (κ2) is 9.86. The molecule has 0 aliphatic heterocycles. The SMILES string of the molecule is C=CCP(=O)(SCCCC)SCCCC. The smallest absolute Gasteiger partial charge is 0.194 e. The van der Waals surface area contributed by atoms with Crippen molar-refractivity contribution in [2.24, 2.45) is 0 Å². The molecule has 0 bridgehead atoms. The Morgan fingerprint density at radius 1 is 1.13 bits per heavy atom. The van der Waals surface area contributed by atoms with Crippen LogP contribution in [0.5, 0.6) is 0 Å². The van der Waals surface area contributed by atoms with Gasteiger partial charge in [-0.2, -0.15) is 0 Å². The zero-order chi connectivity index (χ0) is 11.6. The highest BCUT2D eigenvalue weighted by molar-refractivity contribution is 8.90. The minimum atomic E-state index is -2.06. The third kappa shape index (κ3) is 8.47. The lowest BCUT2D eigenvalue weighted by atomic mass is 10.4. The Morgan fingerprint density at radius 3 is 1.93 bits per heavy atom. The van der Waals surface area contributed by atoms with Gasteiger partial charge in [0.2, 0.25) is 0 Å². The molecule has 0 aromatic carbocycles. The van der Waals surface area contributed by atoms with Crippen molar-refractivity contribution < 1.29 is 4.57 Å². The van der Waals surface area contributed by atoms with Gasteiger partial charge in [0, 0.05) is 17.7 Å². The van der Waals surface area contributed by atoms with Crippen molar-refractivity contribution in [1.82, 2.24) is 0 Å². The van der Waals surface area contributed by atoms with Crippen LogP contribution in [0.4, 0.5) is 0 Å². The van der Waals surface area contributed by atoms with Crippen LogP contribution in [0.3, 0.4) is 0 Å². The van der Waals surface area contributed by atoms with E-state index >= 15 is 0 Å². The molecule has 0 radical (unpaired) electrons. The van der Waals surface area contributed by atoms with Crippen LogP contribution in [-0.2, 0) is 4.57 Å². The molecule has 0 saturated heterocycles. The van der Waals surface area contributed by atoms with Crippen molar-refractivity contribution in [2.75, 3.05) is 17.7 Å². The minimum absolute atomic E-state index is 0.676. The molecule has 0 fully saturated rings. The van der Waals surface area contributed by atoms with E-state index in [1.807, 2.05) is 0 Å². The fourth-order valence-corrected chi connectivity index (χ4v) is 8.93.